The van der Waals surface area contributed by atoms with Crippen molar-refractivity contribution in [2.45, 2.75) is 39.0 Å². The van der Waals surface area contributed by atoms with E-state index in [1.165, 1.54) is 6.92 Å². The van der Waals surface area contributed by atoms with Gasteiger partial charge in [0.15, 0.2) is 0 Å². The van der Waals surface area contributed by atoms with Gasteiger partial charge >= 0.3 is 5.97 Å². The van der Waals surface area contributed by atoms with Gasteiger partial charge in [-0.15, -0.1) is 0 Å². The summed E-state index contributed by atoms with van der Waals surface area (Å²) in [6, 6.07) is -1.04. The molecule has 1 unspecified atom stereocenters. The van der Waals surface area contributed by atoms with Gasteiger partial charge in [0.25, 0.3) is 7.52 Å². The SMILES string of the molecule is CC(C)C[C@@H](NP(=O)(O)[C@H](C)N)C(=O)O. The Balaban J connectivity index is 4.55. The van der Waals surface area contributed by atoms with Gasteiger partial charge < -0.3 is 15.7 Å². The Hall–Kier alpha value is -0.420. The van der Waals surface area contributed by atoms with Gasteiger partial charge in [0.1, 0.15) is 6.04 Å². The fourth-order valence-electron chi connectivity index (χ4n) is 1.02. The molecule has 0 spiro atoms. The van der Waals surface area contributed by atoms with E-state index in [9.17, 15) is 14.3 Å². The highest BCUT2D eigenvalue weighted by Crippen LogP contribution is 2.39. The second-order valence-corrected chi connectivity index (χ2v) is 6.33. The standard InChI is InChI=1S/C8H19N2O4P/c1-5(2)4-7(8(11)12)10-15(13,14)6(3)9/h5-7H,4,9H2,1-3H3,(H,11,12)(H2,10,13,14)/t6-,7-/m1/s1. The molecule has 0 bridgehead atoms. The number of carbonyl (C=O) groups is 1. The maximum absolute atomic E-state index is 11.5. The fourth-order valence-corrected chi connectivity index (χ4v) is 1.92. The van der Waals surface area contributed by atoms with E-state index in [4.69, 9.17) is 10.8 Å². The highest BCUT2D eigenvalue weighted by Gasteiger charge is 2.31. The van der Waals surface area contributed by atoms with Gasteiger partial charge in [-0.3, -0.25) is 9.36 Å². The molecule has 5 N–H and O–H groups in total. The number of carboxylic acid groups (broad SMARTS) is 1. The Labute approximate surface area is 89.4 Å². The Morgan fingerprint density at radius 2 is 1.93 bits per heavy atom. The number of nitrogens with one attached hydrogen (secondary N) is 1. The number of rotatable bonds is 6. The van der Waals surface area contributed by atoms with Crippen LogP contribution in [0.25, 0.3) is 0 Å². The lowest BCUT2D eigenvalue weighted by Crippen LogP contribution is -2.39. The summed E-state index contributed by atoms with van der Waals surface area (Å²) in [6.45, 7) is 5.04. The largest absolute Gasteiger partial charge is 0.480 e. The Kier molecular flexibility index (Phi) is 5.45. The van der Waals surface area contributed by atoms with Crippen LogP contribution in [0.5, 0.6) is 0 Å². The lowest BCUT2D eigenvalue weighted by molar-refractivity contribution is -0.139. The highest BCUT2D eigenvalue weighted by atomic mass is 31.2. The van der Waals surface area contributed by atoms with Crippen LogP contribution in [0.3, 0.4) is 0 Å². The molecule has 0 aromatic rings. The number of carboxylic acids is 1. The average Bonchev–Trinajstić information content (AvgIpc) is 2.01. The third-order valence-electron chi connectivity index (χ3n) is 1.90. The first kappa shape index (κ1) is 14.6. The zero-order valence-electron chi connectivity index (χ0n) is 9.17. The Bertz CT molecular complexity index is 267. The van der Waals surface area contributed by atoms with Crippen LogP contribution in [-0.2, 0) is 9.36 Å². The van der Waals surface area contributed by atoms with Crippen molar-refractivity contribution in [3.8, 4) is 0 Å². The van der Waals surface area contributed by atoms with E-state index in [2.05, 4.69) is 5.09 Å². The molecule has 6 nitrogen and oxygen atoms in total. The first-order valence-corrected chi connectivity index (χ1v) is 6.48. The molecule has 0 radical (unpaired) electrons. The quantitative estimate of drug-likeness (QED) is 0.503. The number of aliphatic carboxylic acids is 1. The smallest absolute Gasteiger partial charge is 0.321 e. The average molecular weight is 238 g/mol. The van der Waals surface area contributed by atoms with Crippen molar-refractivity contribution in [3.63, 3.8) is 0 Å². The van der Waals surface area contributed by atoms with E-state index in [-0.39, 0.29) is 12.3 Å². The zero-order valence-corrected chi connectivity index (χ0v) is 10.1. The van der Waals surface area contributed by atoms with Crippen LogP contribution in [0.1, 0.15) is 27.2 Å². The number of nitrogens with two attached hydrogens (primary N) is 1. The third-order valence-corrected chi connectivity index (χ3v) is 3.68. The van der Waals surface area contributed by atoms with Gasteiger partial charge in [0.05, 0.1) is 5.78 Å². The molecule has 3 atom stereocenters. The van der Waals surface area contributed by atoms with E-state index in [1.54, 1.807) is 0 Å². The lowest BCUT2D eigenvalue weighted by Gasteiger charge is -2.22. The highest BCUT2D eigenvalue weighted by molar-refractivity contribution is 7.56. The van der Waals surface area contributed by atoms with Crippen LogP contribution in [-0.4, -0.2) is 27.8 Å². The molecule has 0 aromatic carbocycles. The fraction of sp³-hybridized carbons (Fsp3) is 0.875. The molecule has 7 heteroatoms. The van der Waals surface area contributed by atoms with E-state index in [0.29, 0.717) is 0 Å². The summed E-state index contributed by atoms with van der Waals surface area (Å²) in [6.07, 6.45) is 0.284. The van der Waals surface area contributed by atoms with Crippen LogP contribution < -0.4 is 10.8 Å². The van der Waals surface area contributed by atoms with Gasteiger partial charge in [-0.25, -0.2) is 5.09 Å². The molecule has 0 saturated carbocycles. The summed E-state index contributed by atoms with van der Waals surface area (Å²) in [5.41, 5.74) is 5.28. The molecular weight excluding hydrogens is 219 g/mol. The minimum absolute atomic E-state index is 0.117. The maximum Gasteiger partial charge on any atom is 0.321 e. The van der Waals surface area contributed by atoms with Gasteiger partial charge in [0.2, 0.25) is 0 Å². The maximum atomic E-state index is 11.5. The van der Waals surface area contributed by atoms with Gasteiger partial charge in [-0.2, -0.15) is 0 Å². The van der Waals surface area contributed by atoms with Crippen molar-refractivity contribution < 1.29 is 19.4 Å². The molecule has 0 saturated heterocycles. The van der Waals surface area contributed by atoms with Crippen molar-refractivity contribution in [1.82, 2.24) is 5.09 Å². The molecule has 15 heavy (non-hydrogen) atoms. The van der Waals surface area contributed by atoms with E-state index in [1.807, 2.05) is 13.8 Å². The molecular formula is C8H19N2O4P. The lowest BCUT2D eigenvalue weighted by atomic mass is 10.1. The zero-order chi connectivity index (χ0) is 12.2. The van der Waals surface area contributed by atoms with Crippen molar-refractivity contribution in [1.29, 1.82) is 0 Å². The molecule has 0 aliphatic heterocycles. The van der Waals surface area contributed by atoms with E-state index >= 15 is 0 Å². The second-order valence-electron chi connectivity index (χ2n) is 4.01. The van der Waals surface area contributed by atoms with Crippen LogP contribution >= 0.6 is 7.52 Å². The first-order chi connectivity index (χ1) is 6.66. The Morgan fingerprint density at radius 1 is 1.47 bits per heavy atom. The normalized spacial score (nSPS) is 19.6. The van der Waals surface area contributed by atoms with Crippen LogP contribution in [0.2, 0.25) is 0 Å². The summed E-state index contributed by atoms with van der Waals surface area (Å²) < 4.78 is 11.5. The number of hydrogen-bond donors (Lipinski definition) is 4. The van der Waals surface area contributed by atoms with E-state index < -0.39 is 25.3 Å². The summed E-state index contributed by atoms with van der Waals surface area (Å²) in [5.74, 6) is -2.00. The van der Waals surface area contributed by atoms with Crippen LogP contribution in [0, 0.1) is 5.92 Å². The molecule has 0 fully saturated rings. The molecule has 0 aromatic heterocycles. The van der Waals surface area contributed by atoms with Crippen molar-refractivity contribution in [2.75, 3.05) is 0 Å². The summed E-state index contributed by atoms with van der Waals surface area (Å²) in [5, 5.41) is 11.0. The first-order valence-electron chi connectivity index (χ1n) is 4.75. The second kappa shape index (κ2) is 5.61. The van der Waals surface area contributed by atoms with Crippen molar-refractivity contribution in [2.24, 2.45) is 11.7 Å². The summed E-state index contributed by atoms with van der Waals surface area (Å²) >= 11 is 0. The Morgan fingerprint density at radius 3 is 2.20 bits per heavy atom. The molecule has 0 heterocycles. The topological polar surface area (TPSA) is 113 Å². The minimum atomic E-state index is -3.78. The van der Waals surface area contributed by atoms with Crippen LogP contribution in [0.15, 0.2) is 0 Å². The van der Waals surface area contributed by atoms with Gasteiger partial charge in [0, 0.05) is 0 Å². The van der Waals surface area contributed by atoms with Crippen molar-refractivity contribution >= 4 is 13.5 Å². The van der Waals surface area contributed by atoms with Crippen molar-refractivity contribution in [3.05, 3.63) is 0 Å². The number of hydrogen-bond acceptors (Lipinski definition) is 3. The summed E-state index contributed by atoms with van der Waals surface area (Å²) in [4.78, 5) is 20.2. The third kappa shape index (κ3) is 5.28. The van der Waals surface area contributed by atoms with Gasteiger partial charge in [-0.05, 0) is 19.3 Å². The summed E-state index contributed by atoms with van der Waals surface area (Å²) in [7, 11) is -3.78. The molecule has 90 valence electrons. The van der Waals surface area contributed by atoms with E-state index in [0.717, 1.165) is 0 Å². The molecule has 0 amide bonds. The monoisotopic (exact) mass is 238 g/mol. The molecule has 0 aliphatic rings. The van der Waals surface area contributed by atoms with Crippen LogP contribution in [0.4, 0.5) is 0 Å². The predicted molar refractivity (Wildman–Crippen MR) is 57.5 cm³/mol. The molecule has 0 aliphatic carbocycles. The van der Waals surface area contributed by atoms with Gasteiger partial charge in [-0.1, -0.05) is 13.8 Å². The minimum Gasteiger partial charge on any atom is -0.480 e. The molecule has 0 rings (SSSR count). The predicted octanol–water partition coefficient (Wildman–Crippen LogP) is 0.565.